The van der Waals surface area contributed by atoms with Crippen molar-refractivity contribution < 1.29 is 19.4 Å². The molecule has 0 heterocycles. The van der Waals surface area contributed by atoms with E-state index >= 15 is 0 Å². The lowest BCUT2D eigenvalue weighted by Crippen LogP contribution is -2.15. The molecule has 2 rings (SSSR count). The highest BCUT2D eigenvalue weighted by atomic mass is 35.5. The van der Waals surface area contributed by atoms with E-state index in [1.807, 2.05) is 0 Å². The van der Waals surface area contributed by atoms with Crippen LogP contribution in [0.5, 0.6) is 5.75 Å². The zero-order chi connectivity index (χ0) is 17.0. The zero-order valence-electron chi connectivity index (χ0n) is 12.1. The number of carbonyl (C=O) groups is 2. The summed E-state index contributed by atoms with van der Waals surface area (Å²) in [6.45, 7) is 0. The first-order valence-electron chi connectivity index (χ1n) is 6.56. The van der Waals surface area contributed by atoms with Crippen LogP contribution >= 0.6 is 23.2 Å². The van der Waals surface area contributed by atoms with Gasteiger partial charge in [0.2, 0.25) is 5.91 Å². The number of hydrogen-bond donors (Lipinski definition) is 2. The number of rotatable bonds is 5. The van der Waals surface area contributed by atoms with E-state index in [0.717, 1.165) is 5.56 Å². The van der Waals surface area contributed by atoms with Crippen LogP contribution in [-0.4, -0.2) is 24.1 Å². The highest BCUT2D eigenvalue weighted by Gasteiger charge is 2.16. The molecule has 5 nitrogen and oxygen atoms in total. The molecule has 2 N–H and O–H groups in total. The lowest BCUT2D eigenvalue weighted by molar-refractivity contribution is -0.115. The number of carbonyl (C=O) groups excluding carboxylic acids is 1. The summed E-state index contributed by atoms with van der Waals surface area (Å²) >= 11 is 11.9. The van der Waals surface area contributed by atoms with Gasteiger partial charge in [-0.15, -0.1) is 0 Å². The molecule has 0 aromatic heterocycles. The van der Waals surface area contributed by atoms with Crippen LogP contribution in [0, 0.1) is 0 Å². The maximum atomic E-state index is 12.1. The molecule has 0 spiro atoms. The number of anilines is 1. The summed E-state index contributed by atoms with van der Waals surface area (Å²) in [5.74, 6) is -0.780. The van der Waals surface area contributed by atoms with Gasteiger partial charge < -0.3 is 15.2 Å². The van der Waals surface area contributed by atoms with Gasteiger partial charge in [-0.2, -0.15) is 0 Å². The Morgan fingerprint density at radius 2 is 1.74 bits per heavy atom. The quantitative estimate of drug-likeness (QED) is 0.854. The van der Waals surface area contributed by atoms with Gasteiger partial charge in [0, 0.05) is 0 Å². The average Bonchev–Trinajstić information content (AvgIpc) is 2.52. The minimum atomic E-state index is -1.19. The van der Waals surface area contributed by atoms with E-state index in [0.29, 0.717) is 5.75 Å². The molecular formula is C16H13Cl2NO4. The van der Waals surface area contributed by atoms with Crippen molar-refractivity contribution in [1.29, 1.82) is 0 Å². The molecule has 0 fully saturated rings. The van der Waals surface area contributed by atoms with Crippen LogP contribution < -0.4 is 10.1 Å². The molecule has 1 amide bonds. The lowest BCUT2D eigenvalue weighted by Gasteiger charge is -2.10. The third-order valence-corrected chi connectivity index (χ3v) is 3.99. The van der Waals surface area contributed by atoms with Gasteiger partial charge in [-0.1, -0.05) is 35.3 Å². The second-order valence-electron chi connectivity index (χ2n) is 4.67. The van der Waals surface area contributed by atoms with Crippen LogP contribution in [0.25, 0.3) is 0 Å². The molecule has 2 aromatic carbocycles. The molecule has 0 aliphatic rings. The summed E-state index contributed by atoms with van der Waals surface area (Å²) in [4.78, 5) is 23.0. The summed E-state index contributed by atoms with van der Waals surface area (Å²) in [6, 6.07) is 9.77. The minimum Gasteiger partial charge on any atom is -0.497 e. The molecule has 7 heteroatoms. The lowest BCUT2D eigenvalue weighted by atomic mass is 10.1. The van der Waals surface area contributed by atoms with Crippen molar-refractivity contribution in [3.05, 3.63) is 57.6 Å². The molecule has 0 atom stereocenters. The van der Waals surface area contributed by atoms with Crippen molar-refractivity contribution in [2.45, 2.75) is 6.42 Å². The first-order chi connectivity index (χ1) is 10.9. The normalized spacial score (nSPS) is 10.2. The van der Waals surface area contributed by atoms with Gasteiger partial charge in [-0.05, 0) is 29.8 Å². The van der Waals surface area contributed by atoms with Gasteiger partial charge >= 0.3 is 5.97 Å². The van der Waals surface area contributed by atoms with Crippen LogP contribution in [0.3, 0.4) is 0 Å². The van der Waals surface area contributed by atoms with Crippen molar-refractivity contribution in [2.75, 3.05) is 12.4 Å². The van der Waals surface area contributed by atoms with Crippen LogP contribution in [0.2, 0.25) is 10.0 Å². The summed E-state index contributed by atoms with van der Waals surface area (Å²) < 4.78 is 5.05. The molecule has 23 heavy (non-hydrogen) atoms. The Balaban J connectivity index is 2.10. The van der Waals surface area contributed by atoms with Gasteiger partial charge in [0.1, 0.15) is 5.75 Å². The molecule has 0 unspecified atom stereocenters. The standard InChI is InChI=1S/C16H13Cl2NO4/c1-23-10-4-2-9(3-5-10)8-13(20)19-12-7-6-11(16(21)22)14(17)15(12)18/h2-7H,8H2,1H3,(H,19,20)(H,21,22). The van der Waals surface area contributed by atoms with E-state index in [1.54, 1.807) is 31.4 Å². The fourth-order valence-electron chi connectivity index (χ4n) is 1.93. The number of amides is 1. The van der Waals surface area contributed by atoms with E-state index in [9.17, 15) is 9.59 Å². The molecule has 2 aromatic rings. The Morgan fingerprint density at radius 1 is 1.09 bits per heavy atom. The molecular weight excluding hydrogens is 341 g/mol. The Labute approximate surface area is 142 Å². The second kappa shape index (κ2) is 7.35. The molecule has 0 saturated carbocycles. The third kappa shape index (κ3) is 4.15. The van der Waals surface area contributed by atoms with Crippen LogP contribution in [0.4, 0.5) is 5.69 Å². The number of aromatic carboxylic acids is 1. The molecule has 0 saturated heterocycles. The number of carboxylic acid groups (broad SMARTS) is 1. The van der Waals surface area contributed by atoms with Gasteiger partial charge in [-0.25, -0.2) is 4.79 Å². The zero-order valence-corrected chi connectivity index (χ0v) is 13.6. The van der Waals surface area contributed by atoms with E-state index in [4.69, 9.17) is 33.0 Å². The summed E-state index contributed by atoms with van der Waals surface area (Å²) in [6.07, 6.45) is 0.138. The predicted molar refractivity (Wildman–Crippen MR) is 88.7 cm³/mol. The molecule has 0 aliphatic heterocycles. The molecule has 0 bridgehead atoms. The highest BCUT2D eigenvalue weighted by Crippen LogP contribution is 2.33. The molecule has 0 radical (unpaired) electrons. The van der Waals surface area contributed by atoms with E-state index in [-0.39, 0.29) is 33.6 Å². The fraction of sp³-hybridized carbons (Fsp3) is 0.125. The monoisotopic (exact) mass is 353 g/mol. The summed E-state index contributed by atoms with van der Waals surface area (Å²) in [5, 5.41) is 11.5. The predicted octanol–water partition coefficient (Wildman–Crippen LogP) is 3.88. The highest BCUT2D eigenvalue weighted by molar-refractivity contribution is 6.45. The summed E-state index contributed by atoms with van der Waals surface area (Å²) in [5.41, 5.74) is 0.942. The van der Waals surface area contributed by atoms with Gasteiger partial charge in [0.25, 0.3) is 0 Å². The number of nitrogens with one attached hydrogen (secondary N) is 1. The van der Waals surface area contributed by atoms with Crippen molar-refractivity contribution in [3.63, 3.8) is 0 Å². The maximum absolute atomic E-state index is 12.1. The number of halogens is 2. The average molecular weight is 354 g/mol. The Kier molecular flexibility index (Phi) is 5.47. The smallest absolute Gasteiger partial charge is 0.337 e. The topological polar surface area (TPSA) is 75.6 Å². The van der Waals surface area contributed by atoms with Crippen molar-refractivity contribution >= 4 is 40.8 Å². The minimum absolute atomic E-state index is 0.00496. The number of methoxy groups -OCH3 is 1. The maximum Gasteiger partial charge on any atom is 0.337 e. The van der Waals surface area contributed by atoms with Crippen molar-refractivity contribution in [2.24, 2.45) is 0 Å². The van der Waals surface area contributed by atoms with Crippen molar-refractivity contribution in [1.82, 2.24) is 0 Å². The number of hydrogen-bond acceptors (Lipinski definition) is 3. The van der Waals surface area contributed by atoms with E-state index < -0.39 is 5.97 Å². The van der Waals surface area contributed by atoms with Gasteiger partial charge in [0.05, 0.1) is 34.8 Å². The molecule has 120 valence electrons. The first-order valence-corrected chi connectivity index (χ1v) is 7.32. The van der Waals surface area contributed by atoms with Crippen molar-refractivity contribution in [3.8, 4) is 5.75 Å². The van der Waals surface area contributed by atoms with Crippen LogP contribution in [-0.2, 0) is 11.2 Å². The van der Waals surface area contributed by atoms with E-state index in [1.165, 1.54) is 12.1 Å². The summed E-state index contributed by atoms with van der Waals surface area (Å²) in [7, 11) is 1.56. The third-order valence-electron chi connectivity index (χ3n) is 3.11. The SMILES string of the molecule is COc1ccc(CC(=O)Nc2ccc(C(=O)O)c(Cl)c2Cl)cc1. The van der Waals surface area contributed by atoms with Crippen LogP contribution in [0.1, 0.15) is 15.9 Å². The largest absolute Gasteiger partial charge is 0.497 e. The first kappa shape index (κ1) is 17.1. The number of benzene rings is 2. The Morgan fingerprint density at radius 3 is 2.30 bits per heavy atom. The Hall–Kier alpha value is -2.24. The Bertz CT molecular complexity index is 744. The van der Waals surface area contributed by atoms with Crippen LogP contribution in [0.15, 0.2) is 36.4 Å². The van der Waals surface area contributed by atoms with E-state index in [2.05, 4.69) is 5.32 Å². The second-order valence-corrected chi connectivity index (χ2v) is 5.42. The fourth-order valence-corrected chi connectivity index (χ4v) is 2.39. The van der Waals surface area contributed by atoms with Gasteiger partial charge in [-0.3, -0.25) is 4.79 Å². The number of carboxylic acids is 1. The number of ether oxygens (including phenoxy) is 1. The van der Waals surface area contributed by atoms with Gasteiger partial charge in [0.15, 0.2) is 0 Å². The molecule has 0 aliphatic carbocycles.